The first-order chi connectivity index (χ1) is 6.88. The normalized spacial score (nSPS) is 10.7. The first-order valence-corrected chi connectivity index (χ1v) is 6.34. The van der Waals surface area contributed by atoms with Gasteiger partial charge in [0, 0.05) is 6.54 Å². The molecule has 0 spiro atoms. The van der Waals surface area contributed by atoms with Gasteiger partial charge in [-0.3, -0.25) is 0 Å². The van der Waals surface area contributed by atoms with E-state index in [0.29, 0.717) is 0 Å². The average molecular weight is 214 g/mol. The number of hydrogen-bond donors (Lipinski definition) is 1. The number of thioether (sulfide) groups is 1. The standard InChI is InChI=1S/C9H18N4S/c1-3-10-7-9-11-8-12-13(9)5-4-6-14-2/h8,10H,3-7H2,1-2H3. The molecule has 1 rings (SSSR count). The lowest BCUT2D eigenvalue weighted by molar-refractivity contribution is 0.550. The molecule has 1 heterocycles. The second-order valence-electron chi connectivity index (χ2n) is 3.03. The molecule has 1 aromatic rings. The molecule has 0 fully saturated rings. The van der Waals surface area contributed by atoms with Crippen LogP contribution < -0.4 is 5.32 Å². The Labute approximate surface area is 89.5 Å². The second kappa shape index (κ2) is 6.84. The van der Waals surface area contributed by atoms with E-state index in [2.05, 4.69) is 28.6 Å². The fourth-order valence-electron chi connectivity index (χ4n) is 1.21. The van der Waals surface area contributed by atoms with E-state index in [1.807, 2.05) is 16.4 Å². The minimum atomic E-state index is 0.815. The fraction of sp³-hybridized carbons (Fsp3) is 0.778. The van der Waals surface area contributed by atoms with Crippen LogP contribution in [-0.4, -0.2) is 33.3 Å². The third-order valence-corrected chi connectivity index (χ3v) is 2.64. The van der Waals surface area contributed by atoms with E-state index in [4.69, 9.17) is 0 Å². The van der Waals surface area contributed by atoms with Gasteiger partial charge < -0.3 is 5.32 Å². The minimum Gasteiger partial charge on any atom is -0.310 e. The average Bonchev–Trinajstić information content (AvgIpc) is 2.63. The Kier molecular flexibility index (Phi) is 5.63. The fourth-order valence-corrected chi connectivity index (χ4v) is 1.63. The lowest BCUT2D eigenvalue weighted by atomic mass is 10.4. The SMILES string of the molecule is CCNCc1ncnn1CCCSC. The van der Waals surface area contributed by atoms with Crippen LogP contribution in [0.4, 0.5) is 0 Å². The first kappa shape index (κ1) is 11.5. The van der Waals surface area contributed by atoms with Gasteiger partial charge in [-0.15, -0.1) is 0 Å². The number of rotatable bonds is 7. The van der Waals surface area contributed by atoms with Crippen molar-refractivity contribution in [2.75, 3.05) is 18.6 Å². The molecule has 1 aromatic heterocycles. The number of hydrogen-bond acceptors (Lipinski definition) is 4. The molecule has 0 amide bonds. The van der Waals surface area contributed by atoms with Crippen LogP contribution in [0.25, 0.3) is 0 Å². The van der Waals surface area contributed by atoms with Gasteiger partial charge in [0.25, 0.3) is 0 Å². The molecule has 80 valence electrons. The van der Waals surface area contributed by atoms with Gasteiger partial charge >= 0.3 is 0 Å². The van der Waals surface area contributed by atoms with Gasteiger partial charge in [0.05, 0.1) is 6.54 Å². The van der Waals surface area contributed by atoms with E-state index in [1.54, 1.807) is 6.33 Å². The highest BCUT2D eigenvalue weighted by molar-refractivity contribution is 7.98. The predicted octanol–water partition coefficient (Wildman–Crippen LogP) is 1.14. The highest BCUT2D eigenvalue weighted by atomic mass is 32.2. The van der Waals surface area contributed by atoms with Crippen LogP contribution in [-0.2, 0) is 13.1 Å². The highest BCUT2D eigenvalue weighted by Gasteiger charge is 2.02. The van der Waals surface area contributed by atoms with Crippen LogP contribution >= 0.6 is 11.8 Å². The summed E-state index contributed by atoms with van der Waals surface area (Å²) in [6.45, 7) is 4.85. The van der Waals surface area contributed by atoms with E-state index >= 15 is 0 Å². The van der Waals surface area contributed by atoms with E-state index in [1.165, 1.54) is 5.75 Å². The zero-order valence-electron chi connectivity index (χ0n) is 8.86. The van der Waals surface area contributed by atoms with Gasteiger partial charge in [0.1, 0.15) is 12.2 Å². The van der Waals surface area contributed by atoms with Crippen molar-refractivity contribution in [1.82, 2.24) is 20.1 Å². The lowest BCUT2D eigenvalue weighted by Crippen LogP contribution is -2.17. The van der Waals surface area contributed by atoms with Crippen LogP contribution in [0.3, 0.4) is 0 Å². The third kappa shape index (κ3) is 3.67. The largest absolute Gasteiger partial charge is 0.310 e. The number of aryl methyl sites for hydroxylation is 1. The van der Waals surface area contributed by atoms with Crippen LogP contribution in [0, 0.1) is 0 Å². The summed E-state index contributed by atoms with van der Waals surface area (Å²) in [6, 6.07) is 0. The van der Waals surface area contributed by atoms with Crippen molar-refractivity contribution in [3.63, 3.8) is 0 Å². The molecule has 0 saturated carbocycles. The molecule has 5 heteroatoms. The van der Waals surface area contributed by atoms with Gasteiger partial charge in [-0.2, -0.15) is 16.9 Å². The highest BCUT2D eigenvalue weighted by Crippen LogP contribution is 2.00. The monoisotopic (exact) mass is 214 g/mol. The Hall–Kier alpha value is -0.550. The lowest BCUT2D eigenvalue weighted by Gasteiger charge is -2.05. The summed E-state index contributed by atoms with van der Waals surface area (Å²) in [7, 11) is 0. The van der Waals surface area contributed by atoms with Crippen molar-refractivity contribution >= 4 is 11.8 Å². The summed E-state index contributed by atoms with van der Waals surface area (Å²) in [6.07, 6.45) is 4.91. The summed E-state index contributed by atoms with van der Waals surface area (Å²) in [4.78, 5) is 4.21. The quantitative estimate of drug-likeness (QED) is 0.691. The summed E-state index contributed by atoms with van der Waals surface area (Å²) >= 11 is 1.87. The van der Waals surface area contributed by atoms with E-state index in [-0.39, 0.29) is 0 Å². The van der Waals surface area contributed by atoms with Crippen molar-refractivity contribution < 1.29 is 0 Å². The summed E-state index contributed by atoms with van der Waals surface area (Å²) in [5, 5.41) is 7.45. The molecule has 0 aliphatic heterocycles. The maximum absolute atomic E-state index is 4.21. The maximum atomic E-state index is 4.21. The van der Waals surface area contributed by atoms with Crippen molar-refractivity contribution in [2.45, 2.75) is 26.4 Å². The molecule has 0 unspecified atom stereocenters. The number of aromatic nitrogens is 3. The molecule has 0 aromatic carbocycles. The maximum Gasteiger partial charge on any atom is 0.140 e. The van der Waals surface area contributed by atoms with Crippen LogP contribution in [0.15, 0.2) is 6.33 Å². The Balaban J connectivity index is 2.37. The Bertz CT molecular complexity index is 249. The number of nitrogens with one attached hydrogen (secondary N) is 1. The van der Waals surface area contributed by atoms with E-state index < -0.39 is 0 Å². The van der Waals surface area contributed by atoms with Gasteiger partial charge in [-0.1, -0.05) is 6.92 Å². The molecular formula is C9H18N4S. The van der Waals surface area contributed by atoms with Gasteiger partial charge in [0.2, 0.25) is 0 Å². The number of nitrogens with zero attached hydrogens (tertiary/aromatic N) is 3. The van der Waals surface area contributed by atoms with Crippen LogP contribution in [0.1, 0.15) is 19.2 Å². The second-order valence-corrected chi connectivity index (χ2v) is 4.01. The van der Waals surface area contributed by atoms with Gasteiger partial charge in [0.15, 0.2) is 0 Å². The van der Waals surface area contributed by atoms with Crippen molar-refractivity contribution in [1.29, 1.82) is 0 Å². The molecule has 1 N–H and O–H groups in total. The molecule has 0 atom stereocenters. The predicted molar refractivity (Wildman–Crippen MR) is 60.4 cm³/mol. The summed E-state index contributed by atoms with van der Waals surface area (Å²) < 4.78 is 1.98. The molecular weight excluding hydrogens is 196 g/mol. The van der Waals surface area contributed by atoms with E-state index in [9.17, 15) is 0 Å². The van der Waals surface area contributed by atoms with E-state index in [0.717, 1.165) is 31.9 Å². The van der Waals surface area contributed by atoms with Gasteiger partial charge in [-0.25, -0.2) is 9.67 Å². The van der Waals surface area contributed by atoms with Crippen LogP contribution in [0.5, 0.6) is 0 Å². The molecule has 14 heavy (non-hydrogen) atoms. The molecule has 0 aliphatic carbocycles. The van der Waals surface area contributed by atoms with Crippen molar-refractivity contribution in [3.8, 4) is 0 Å². The van der Waals surface area contributed by atoms with Gasteiger partial charge in [-0.05, 0) is 25.0 Å². The zero-order chi connectivity index (χ0) is 10.2. The zero-order valence-corrected chi connectivity index (χ0v) is 9.68. The first-order valence-electron chi connectivity index (χ1n) is 4.94. The molecule has 4 nitrogen and oxygen atoms in total. The summed E-state index contributed by atoms with van der Waals surface area (Å²) in [5.41, 5.74) is 0. The van der Waals surface area contributed by atoms with Crippen molar-refractivity contribution in [3.05, 3.63) is 12.2 Å². The third-order valence-electron chi connectivity index (χ3n) is 1.95. The molecule has 0 bridgehead atoms. The Morgan fingerprint density at radius 2 is 2.43 bits per heavy atom. The minimum absolute atomic E-state index is 0.815. The Morgan fingerprint density at radius 3 is 3.14 bits per heavy atom. The molecule has 0 aliphatic rings. The molecule has 0 saturated heterocycles. The topological polar surface area (TPSA) is 42.7 Å². The Morgan fingerprint density at radius 1 is 1.57 bits per heavy atom. The smallest absolute Gasteiger partial charge is 0.140 e. The summed E-state index contributed by atoms with van der Waals surface area (Å²) in [5.74, 6) is 2.22. The molecule has 0 radical (unpaired) electrons. The van der Waals surface area contributed by atoms with Crippen LogP contribution in [0.2, 0.25) is 0 Å². The van der Waals surface area contributed by atoms with Crippen molar-refractivity contribution in [2.24, 2.45) is 0 Å².